The van der Waals surface area contributed by atoms with Gasteiger partial charge in [-0.15, -0.1) is 0 Å². The van der Waals surface area contributed by atoms with Gasteiger partial charge in [0, 0.05) is 39.5 Å². The number of fused-ring (bicyclic) bond motifs is 5. The van der Waals surface area contributed by atoms with Crippen molar-refractivity contribution in [2.75, 3.05) is 4.90 Å². The van der Waals surface area contributed by atoms with E-state index in [9.17, 15) is 0 Å². The lowest BCUT2D eigenvalue weighted by molar-refractivity contribution is 0.617. The molecule has 0 unspecified atom stereocenters. The minimum Gasteiger partial charge on any atom is -0.456 e. The Morgan fingerprint density at radius 3 is 1.58 bits per heavy atom. The summed E-state index contributed by atoms with van der Waals surface area (Å²) in [7, 11) is 0. The molecule has 2 aromatic heterocycles. The van der Waals surface area contributed by atoms with Crippen molar-refractivity contribution >= 4 is 60.9 Å². The highest BCUT2D eigenvalue weighted by atomic mass is 16.4. The standard InChI is InChI=1S/C53H34N2O2/c1-3-10-35(11-4-1)36-18-25-42(26-19-36)55(44-29-22-39(23-30-44)46-17-9-15-38-12-7-8-16-45(38)46)43-27-20-37(21-28-43)41-24-31-47-48-33-49-52(34-51(48)56-50(47)32-41)57-53(54-49)40-13-5-2-6-14-40/h1-34H. The van der Waals surface area contributed by atoms with Gasteiger partial charge in [-0.1, -0.05) is 133 Å². The monoisotopic (exact) mass is 730 g/mol. The fourth-order valence-electron chi connectivity index (χ4n) is 8.03. The molecule has 11 aromatic rings. The lowest BCUT2D eigenvalue weighted by Gasteiger charge is -2.26. The third-order valence-corrected chi connectivity index (χ3v) is 10.9. The van der Waals surface area contributed by atoms with Gasteiger partial charge in [-0.25, -0.2) is 4.98 Å². The minimum absolute atomic E-state index is 0.606. The zero-order chi connectivity index (χ0) is 37.7. The summed E-state index contributed by atoms with van der Waals surface area (Å²) in [5.74, 6) is 0.606. The Hall–Kier alpha value is -7.69. The molecule has 4 heteroatoms. The van der Waals surface area contributed by atoms with E-state index >= 15 is 0 Å². The van der Waals surface area contributed by atoms with Crippen LogP contribution < -0.4 is 4.90 Å². The van der Waals surface area contributed by atoms with Crippen LogP contribution in [0.15, 0.2) is 215 Å². The fraction of sp³-hybridized carbons (Fsp3) is 0. The highest BCUT2D eigenvalue weighted by Crippen LogP contribution is 2.40. The Bertz CT molecular complexity index is 3200. The molecule has 0 aliphatic heterocycles. The summed E-state index contributed by atoms with van der Waals surface area (Å²) in [6, 6.07) is 72.5. The van der Waals surface area contributed by atoms with Crippen LogP contribution in [0.4, 0.5) is 17.1 Å². The Morgan fingerprint density at radius 2 is 0.877 bits per heavy atom. The number of rotatable bonds is 7. The molecule has 2 heterocycles. The van der Waals surface area contributed by atoms with Gasteiger partial charge in [-0.3, -0.25) is 0 Å². The largest absolute Gasteiger partial charge is 0.456 e. The van der Waals surface area contributed by atoms with Crippen molar-refractivity contribution in [3.63, 3.8) is 0 Å². The Morgan fingerprint density at radius 1 is 0.333 bits per heavy atom. The van der Waals surface area contributed by atoms with E-state index in [2.05, 4.69) is 175 Å². The topological polar surface area (TPSA) is 42.4 Å². The van der Waals surface area contributed by atoms with Gasteiger partial charge in [0.15, 0.2) is 5.58 Å². The molecule has 0 aliphatic rings. The van der Waals surface area contributed by atoms with Gasteiger partial charge in [0.1, 0.15) is 16.7 Å². The van der Waals surface area contributed by atoms with Gasteiger partial charge in [-0.2, -0.15) is 0 Å². The van der Waals surface area contributed by atoms with Crippen molar-refractivity contribution in [3.05, 3.63) is 206 Å². The number of hydrogen-bond acceptors (Lipinski definition) is 4. The third kappa shape index (κ3) is 5.92. The normalized spacial score (nSPS) is 11.5. The van der Waals surface area contributed by atoms with Gasteiger partial charge >= 0.3 is 0 Å². The lowest BCUT2D eigenvalue weighted by atomic mass is 9.98. The van der Waals surface area contributed by atoms with Crippen LogP contribution in [0.3, 0.4) is 0 Å². The molecule has 0 saturated heterocycles. The molecule has 4 nitrogen and oxygen atoms in total. The zero-order valence-corrected chi connectivity index (χ0v) is 30.8. The highest BCUT2D eigenvalue weighted by molar-refractivity contribution is 6.09. The van der Waals surface area contributed by atoms with Crippen LogP contribution in [0.1, 0.15) is 0 Å². The lowest BCUT2D eigenvalue weighted by Crippen LogP contribution is -2.09. The number of hydrogen-bond donors (Lipinski definition) is 0. The highest BCUT2D eigenvalue weighted by Gasteiger charge is 2.17. The Kier molecular flexibility index (Phi) is 7.78. The van der Waals surface area contributed by atoms with Crippen molar-refractivity contribution in [1.29, 1.82) is 0 Å². The molecular formula is C53H34N2O2. The second-order valence-electron chi connectivity index (χ2n) is 14.4. The van der Waals surface area contributed by atoms with Crippen LogP contribution in [-0.2, 0) is 0 Å². The Labute approximate surface area is 329 Å². The van der Waals surface area contributed by atoms with E-state index in [4.69, 9.17) is 13.8 Å². The molecule has 57 heavy (non-hydrogen) atoms. The quantitative estimate of drug-likeness (QED) is 0.164. The molecular weight excluding hydrogens is 697 g/mol. The smallest absolute Gasteiger partial charge is 0.227 e. The maximum absolute atomic E-state index is 6.43. The van der Waals surface area contributed by atoms with Crippen LogP contribution in [0.2, 0.25) is 0 Å². The van der Waals surface area contributed by atoms with Crippen molar-refractivity contribution in [3.8, 4) is 44.8 Å². The molecule has 0 fully saturated rings. The minimum atomic E-state index is 0.606. The van der Waals surface area contributed by atoms with Crippen LogP contribution in [-0.4, -0.2) is 4.98 Å². The summed E-state index contributed by atoms with van der Waals surface area (Å²) < 4.78 is 12.6. The second-order valence-corrected chi connectivity index (χ2v) is 14.4. The first-order chi connectivity index (χ1) is 28.2. The summed E-state index contributed by atoms with van der Waals surface area (Å²) in [4.78, 5) is 7.11. The van der Waals surface area contributed by atoms with Crippen molar-refractivity contribution in [2.45, 2.75) is 0 Å². The van der Waals surface area contributed by atoms with E-state index in [1.165, 1.54) is 33.0 Å². The first-order valence-electron chi connectivity index (χ1n) is 19.2. The molecule has 0 atom stereocenters. The van der Waals surface area contributed by atoms with Crippen molar-refractivity contribution in [2.24, 2.45) is 0 Å². The molecule has 0 bridgehead atoms. The van der Waals surface area contributed by atoms with Gasteiger partial charge < -0.3 is 13.7 Å². The molecule has 9 aromatic carbocycles. The summed E-state index contributed by atoms with van der Waals surface area (Å²) in [5.41, 5.74) is 14.3. The van der Waals surface area contributed by atoms with Crippen molar-refractivity contribution in [1.82, 2.24) is 4.98 Å². The Balaban J connectivity index is 0.938. The number of furan rings is 1. The molecule has 0 radical (unpaired) electrons. The van der Waals surface area contributed by atoms with Crippen LogP contribution >= 0.6 is 0 Å². The van der Waals surface area contributed by atoms with E-state index < -0.39 is 0 Å². The predicted molar refractivity (Wildman–Crippen MR) is 235 cm³/mol. The van der Waals surface area contributed by atoms with E-state index in [1.54, 1.807) is 0 Å². The molecule has 0 N–H and O–H groups in total. The maximum Gasteiger partial charge on any atom is 0.227 e. The number of benzene rings is 9. The van der Waals surface area contributed by atoms with E-state index in [1.807, 2.05) is 36.4 Å². The van der Waals surface area contributed by atoms with Gasteiger partial charge in [-0.05, 0) is 111 Å². The fourth-order valence-corrected chi connectivity index (χ4v) is 8.03. The van der Waals surface area contributed by atoms with E-state index in [-0.39, 0.29) is 0 Å². The molecule has 0 spiro atoms. The second kappa shape index (κ2) is 13.6. The summed E-state index contributed by atoms with van der Waals surface area (Å²) >= 11 is 0. The first-order valence-corrected chi connectivity index (χ1v) is 19.2. The molecule has 0 saturated carbocycles. The predicted octanol–water partition coefficient (Wildman–Crippen LogP) is 15.0. The summed E-state index contributed by atoms with van der Waals surface area (Å²) in [5, 5.41) is 4.56. The third-order valence-electron chi connectivity index (χ3n) is 10.9. The van der Waals surface area contributed by atoms with Gasteiger partial charge in [0.2, 0.25) is 5.89 Å². The number of nitrogens with zero attached hydrogens (tertiary/aromatic N) is 2. The van der Waals surface area contributed by atoms with Crippen LogP contribution in [0.25, 0.3) is 88.6 Å². The molecule has 0 aliphatic carbocycles. The maximum atomic E-state index is 6.43. The zero-order valence-electron chi connectivity index (χ0n) is 30.8. The summed E-state index contributed by atoms with van der Waals surface area (Å²) in [6.07, 6.45) is 0. The number of aromatic nitrogens is 1. The molecule has 268 valence electrons. The molecule has 0 amide bonds. The SMILES string of the molecule is c1ccc(-c2ccc(N(c3ccc(-c4ccc5c(c4)oc4cc6oc(-c7ccccc7)nc6cc45)cc3)c3ccc(-c4cccc5ccccc45)cc3)cc2)cc1. The van der Waals surface area contributed by atoms with Gasteiger partial charge in [0.05, 0.1) is 0 Å². The van der Waals surface area contributed by atoms with Crippen molar-refractivity contribution < 1.29 is 8.83 Å². The van der Waals surface area contributed by atoms with Crippen LogP contribution in [0, 0.1) is 0 Å². The first kappa shape index (κ1) is 32.7. The number of oxazole rings is 1. The number of anilines is 3. The van der Waals surface area contributed by atoms with Crippen LogP contribution in [0.5, 0.6) is 0 Å². The average molecular weight is 731 g/mol. The average Bonchev–Trinajstić information content (AvgIpc) is 3.87. The van der Waals surface area contributed by atoms with E-state index in [0.29, 0.717) is 11.5 Å². The summed E-state index contributed by atoms with van der Waals surface area (Å²) in [6.45, 7) is 0. The van der Waals surface area contributed by atoms with Gasteiger partial charge in [0.25, 0.3) is 0 Å². The molecule has 11 rings (SSSR count). The van der Waals surface area contributed by atoms with E-state index in [0.717, 1.165) is 61.2 Å².